The lowest BCUT2D eigenvalue weighted by atomic mass is 10.4. The Kier molecular flexibility index (Phi) is 4.18. The van der Waals surface area contributed by atoms with Gasteiger partial charge in [-0.3, -0.25) is 0 Å². The summed E-state index contributed by atoms with van der Waals surface area (Å²) in [6, 6.07) is 1.87. The molecular weight excluding hydrogens is 164 g/mol. The van der Waals surface area contributed by atoms with Gasteiger partial charge >= 0.3 is 0 Å². The molecule has 0 aliphatic heterocycles. The quantitative estimate of drug-likeness (QED) is 0.703. The molecule has 0 saturated heterocycles. The molecule has 1 heterocycles. The zero-order valence-corrected chi connectivity index (χ0v) is 7.95. The summed E-state index contributed by atoms with van der Waals surface area (Å²) < 4.78 is 0. The zero-order valence-electron chi connectivity index (χ0n) is 7.95. The molecule has 4 nitrogen and oxygen atoms in total. The molecule has 0 saturated carbocycles. The van der Waals surface area contributed by atoms with E-state index in [2.05, 4.69) is 22.2 Å². The van der Waals surface area contributed by atoms with Crippen LogP contribution in [0.15, 0.2) is 12.3 Å². The van der Waals surface area contributed by atoms with Crippen molar-refractivity contribution in [1.82, 2.24) is 9.97 Å². The summed E-state index contributed by atoms with van der Waals surface area (Å²) in [6.45, 7) is 3.66. The molecule has 1 rings (SSSR count). The van der Waals surface area contributed by atoms with Crippen molar-refractivity contribution in [2.45, 2.75) is 19.8 Å². The van der Waals surface area contributed by atoms with Gasteiger partial charge in [0.15, 0.2) is 0 Å². The molecule has 0 bridgehead atoms. The normalized spacial score (nSPS) is 10.0. The standard InChI is InChI=1S/C9H16N4/c1-2-6-11-9-4-7-12-8(13-9)3-5-10/h4,7H,2-3,5-6,10H2,1H3,(H,11,12,13). The SMILES string of the molecule is CCCNc1ccnc(CCN)n1. The van der Waals surface area contributed by atoms with Crippen LogP contribution in [0.5, 0.6) is 0 Å². The highest BCUT2D eigenvalue weighted by Gasteiger charge is 1.96. The lowest BCUT2D eigenvalue weighted by Gasteiger charge is -2.04. The first kappa shape index (κ1) is 9.92. The van der Waals surface area contributed by atoms with Crippen LogP contribution in [0.1, 0.15) is 19.2 Å². The third-order valence-electron chi connectivity index (χ3n) is 1.63. The maximum absolute atomic E-state index is 5.41. The molecule has 0 spiro atoms. The zero-order chi connectivity index (χ0) is 9.52. The van der Waals surface area contributed by atoms with Crippen LogP contribution in [0.25, 0.3) is 0 Å². The molecule has 4 heteroatoms. The Hall–Kier alpha value is -1.16. The molecular formula is C9H16N4. The van der Waals surface area contributed by atoms with E-state index in [1.807, 2.05) is 6.07 Å². The molecule has 3 N–H and O–H groups in total. The van der Waals surface area contributed by atoms with Crippen LogP contribution in [0.2, 0.25) is 0 Å². The summed E-state index contributed by atoms with van der Waals surface area (Å²) in [5.41, 5.74) is 5.41. The van der Waals surface area contributed by atoms with Crippen molar-refractivity contribution in [2.24, 2.45) is 5.73 Å². The van der Waals surface area contributed by atoms with Gasteiger partial charge in [0.1, 0.15) is 11.6 Å². The minimum atomic E-state index is 0.594. The minimum Gasteiger partial charge on any atom is -0.370 e. The summed E-state index contributed by atoms with van der Waals surface area (Å²) in [5, 5.41) is 3.20. The van der Waals surface area contributed by atoms with Gasteiger partial charge in [-0.15, -0.1) is 0 Å². The average molecular weight is 180 g/mol. The third kappa shape index (κ3) is 3.38. The van der Waals surface area contributed by atoms with Crippen LogP contribution >= 0.6 is 0 Å². The molecule has 1 aromatic rings. The van der Waals surface area contributed by atoms with E-state index in [4.69, 9.17) is 5.73 Å². The molecule has 0 radical (unpaired) electrons. The van der Waals surface area contributed by atoms with Crippen molar-refractivity contribution in [2.75, 3.05) is 18.4 Å². The van der Waals surface area contributed by atoms with Crippen LogP contribution in [-0.2, 0) is 6.42 Å². The summed E-state index contributed by atoms with van der Waals surface area (Å²) >= 11 is 0. The van der Waals surface area contributed by atoms with Crippen molar-refractivity contribution < 1.29 is 0 Å². The Morgan fingerprint density at radius 1 is 1.54 bits per heavy atom. The smallest absolute Gasteiger partial charge is 0.131 e. The molecule has 0 atom stereocenters. The van der Waals surface area contributed by atoms with Crippen molar-refractivity contribution in [3.63, 3.8) is 0 Å². The van der Waals surface area contributed by atoms with Gasteiger partial charge in [-0.05, 0) is 19.0 Å². The molecule has 0 unspecified atom stereocenters. The minimum absolute atomic E-state index is 0.594. The molecule has 0 aliphatic rings. The molecule has 0 aromatic carbocycles. The van der Waals surface area contributed by atoms with Gasteiger partial charge in [0.05, 0.1) is 0 Å². The summed E-state index contributed by atoms with van der Waals surface area (Å²) in [6.07, 6.45) is 3.59. The number of nitrogens with zero attached hydrogens (tertiary/aromatic N) is 2. The number of anilines is 1. The first-order chi connectivity index (χ1) is 6.36. The van der Waals surface area contributed by atoms with Gasteiger partial charge in [-0.2, -0.15) is 0 Å². The molecule has 0 aliphatic carbocycles. The molecule has 0 amide bonds. The number of hydrogen-bond acceptors (Lipinski definition) is 4. The molecule has 1 aromatic heterocycles. The Bertz CT molecular complexity index is 249. The van der Waals surface area contributed by atoms with Gasteiger partial charge in [0.25, 0.3) is 0 Å². The van der Waals surface area contributed by atoms with Gasteiger partial charge in [-0.25, -0.2) is 9.97 Å². The summed E-state index contributed by atoms with van der Waals surface area (Å²) in [7, 11) is 0. The lowest BCUT2D eigenvalue weighted by molar-refractivity contribution is 0.862. The predicted octanol–water partition coefficient (Wildman–Crippen LogP) is 0.800. The highest BCUT2D eigenvalue weighted by Crippen LogP contribution is 2.01. The van der Waals surface area contributed by atoms with Gasteiger partial charge in [-0.1, -0.05) is 6.92 Å². The fraction of sp³-hybridized carbons (Fsp3) is 0.556. The molecule has 13 heavy (non-hydrogen) atoms. The van der Waals surface area contributed by atoms with E-state index in [0.717, 1.165) is 31.0 Å². The van der Waals surface area contributed by atoms with Crippen LogP contribution in [0, 0.1) is 0 Å². The van der Waals surface area contributed by atoms with Crippen LogP contribution < -0.4 is 11.1 Å². The second-order valence-electron chi connectivity index (χ2n) is 2.82. The largest absolute Gasteiger partial charge is 0.370 e. The van der Waals surface area contributed by atoms with E-state index in [9.17, 15) is 0 Å². The second-order valence-corrected chi connectivity index (χ2v) is 2.82. The highest BCUT2D eigenvalue weighted by molar-refractivity contribution is 5.32. The number of aromatic nitrogens is 2. The first-order valence-electron chi connectivity index (χ1n) is 4.62. The van der Waals surface area contributed by atoms with E-state index in [0.29, 0.717) is 6.54 Å². The predicted molar refractivity (Wildman–Crippen MR) is 53.6 cm³/mol. The van der Waals surface area contributed by atoms with E-state index in [1.165, 1.54) is 0 Å². The lowest BCUT2D eigenvalue weighted by Crippen LogP contribution is -2.08. The monoisotopic (exact) mass is 180 g/mol. The van der Waals surface area contributed by atoms with Crippen molar-refractivity contribution in [3.05, 3.63) is 18.1 Å². The maximum Gasteiger partial charge on any atom is 0.131 e. The van der Waals surface area contributed by atoms with Gasteiger partial charge in [0.2, 0.25) is 0 Å². The Balaban J connectivity index is 2.56. The number of hydrogen-bond donors (Lipinski definition) is 2. The van der Waals surface area contributed by atoms with E-state index < -0.39 is 0 Å². The second kappa shape index (κ2) is 5.48. The summed E-state index contributed by atoms with van der Waals surface area (Å²) in [5.74, 6) is 1.70. The fourth-order valence-corrected chi connectivity index (χ4v) is 1.00. The summed E-state index contributed by atoms with van der Waals surface area (Å²) in [4.78, 5) is 8.40. The first-order valence-corrected chi connectivity index (χ1v) is 4.62. The van der Waals surface area contributed by atoms with Crippen molar-refractivity contribution in [3.8, 4) is 0 Å². The Morgan fingerprint density at radius 2 is 2.38 bits per heavy atom. The average Bonchev–Trinajstić information content (AvgIpc) is 2.16. The van der Waals surface area contributed by atoms with Crippen LogP contribution in [-0.4, -0.2) is 23.1 Å². The highest BCUT2D eigenvalue weighted by atomic mass is 15.0. The van der Waals surface area contributed by atoms with E-state index >= 15 is 0 Å². The Morgan fingerprint density at radius 3 is 3.08 bits per heavy atom. The topological polar surface area (TPSA) is 63.8 Å². The van der Waals surface area contributed by atoms with Gasteiger partial charge < -0.3 is 11.1 Å². The number of nitrogens with two attached hydrogens (primary N) is 1. The van der Waals surface area contributed by atoms with Gasteiger partial charge in [0, 0.05) is 19.2 Å². The molecule has 72 valence electrons. The van der Waals surface area contributed by atoms with Crippen LogP contribution in [0.3, 0.4) is 0 Å². The van der Waals surface area contributed by atoms with Crippen molar-refractivity contribution in [1.29, 1.82) is 0 Å². The van der Waals surface area contributed by atoms with E-state index in [-0.39, 0.29) is 0 Å². The van der Waals surface area contributed by atoms with E-state index in [1.54, 1.807) is 6.20 Å². The van der Waals surface area contributed by atoms with Crippen molar-refractivity contribution >= 4 is 5.82 Å². The maximum atomic E-state index is 5.41. The number of rotatable bonds is 5. The number of nitrogens with one attached hydrogen (secondary N) is 1. The third-order valence-corrected chi connectivity index (χ3v) is 1.63. The fourth-order valence-electron chi connectivity index (χ4n) is 1.00. The Labute approximate surface area is 78.6 Å². The molecule has 0 fully saturated rings. The van der Waals surface area contributed by atoms with Crippen LogP contribution in [0.4, 0.5) is 5.82 Å².